The molecule has 1 aromatic heterocycles. The third kappa shape index (κ3) is 4.44. The van der Waals surface area contributed by atoms with Crippen LogP contribution in [0.1, 0.15) is 19.7 Å². The molecule has 1 heterocycles. The van der Waals surface area contributed by atoms with Gasteiger partial charge in [0, 0.05) is 32.6 Å². The van der Waals surface area contributed by atoms with Gasteiger partial charge in [0.1, 0.15) is 5.82 Å². The van der Waals surface area contributed by atoms with E-state index in [4.69, 9.17) is 4.74 Å². The van der Waals surface area contributed by atoms with Gasteiger partial charge in [-0.05, 0) is 5.92 Å². The quantitative estimate of drug-likeness (QED) is 0.690. The predicted molar refractivity (Wildman–Crippen MR) is 60.6 cm³/mol. The average molecular weight is 211 g/mol. The minimum atomic E-state index is 0.650. The molecule has 0 amide bonds. The Hall–Kier alpha value is -0.870. The van der Waals surface area contributed by atoms with Gasteiger partial charge in [-0.15, -0.1) is 0 Å². The molecule has 0 atom stereocenters. The van der Waals surface area contributed by atoms with E-state index in [2.05, 4.69) is 28.7 Å². The van der Waals surface area contributed by atoms with Crippen LogP contribution in [0.2, 0.25) is 0 Å². The van der Waals surface area contributed by atoms with E-state index in [9.17, 15) is 0 Å². The molecule has 1 aromatic rings. The first-order valence-electron chi connectivity index (χ1n) is 5.43. The summed E-state index contributed by atoms with van der Waals surface area (Å²) in [5, 5.41) is 3.29. The largest absolute Gasteiger partial charge is 0.383 e. The molecule has 4 nitrogen and oxygen atoms in total. The molecule has 0 spiro atoms. The summed E-state index contributed by atoms with van der Waals surface area (Å²) in [6.45, 7) is 7.87. The lowest BCUT2D eigenvalue weighted by Crippen LogP contribution is -2.21. The molecule has 0 bridgehead atoms. The molecule has 0 saturated heterocycles. The highest BCUT2D eigenvalue weighted by molar-refractivity contribution is 4.92. The number of nitrogens with zero attached hydrogens (tertiary/aromatic N) is 2. The van der Waals surface area contributed by atoms with Gasteiger partial charge in [-0.1, -0.05) is 13.8 Å². The molecule has 0 aliphatic rings. The first-order valence-corrected chi connectivity index (χ1v) is 5.43. The van der Waals surface area contributed by atoms with E-state index in [1.54, 1.807) is 7.11 Å². The molecular weight excluding hydrogens is 190 g/mol. The fraction of sp³-hybridized carbons (Fsp3) is 0.727. The lowest BCUT2D eigenvalue weighted by atomic mass is 10.2. The van der Waals surface area contributed by atoms with Crippen molar-refractivity contribution in [3.63, 3.8) is 0 Å². The normalized spacial score (nSPS) is 11.2. The Morgan fingerprint density at radius 2 is 2.33 bits per heavy atom. The summed E-state index contributed by atoms with van der Waals surface area (Å²) < 4.78 is 7.17. The number of aromatic nitrogens is 2. The average Bonchev–Trinajstić information content (AvgIpc) is 2.59. The van der Waals surface area contributed by atoms with Gasteiger partial charge in [-0.25, -0.2) is 4.98 Å². The summed E-state index contributed by atoms with van der Waals surface area (Å²) in [5.74, 6) is 1.75. The topological polar surface area (TPSA) is 39.1 Å². The van der Waals surface area contributed by atoms with Crippen molar-refractivity contribution >= 4 is 0 Å². The zero-order valence-corrected chi connectivity index (χ0v) is 9.86. The molecule has 0 fully saturated rings. The van der Waals surface area contributed by atoms with Crippen LogP contribution in [0.3, 0.4) is 0 Å². The van der Waals surface area contributed by atoms with Gasteiger partial charge in [0.05, 0.1) is 13.2 Å². The Bertz CT molecular complexity index is 271. The number of ether oxygens (including phenoxy) is 1. The zero-order chi connectivity index (χ0) is 11.1. The highest BCUT2D eigenvalue weighted by Crippen LogP contribution is 2.03. The van der Waals surface area contributed by atoms with Crippen molar-refractivity contribution in [2.24, 2.45) is 5.92 Å². The number of imidazole rings is 1. The second-order valence-corrected chi connectivity index (χ2v) is 4.06. The van der Waals surface area contributed by atoms with Crippen LogP contribution in [0.15, 0.2) is 12.4 Å². The Balaban J connectivity index is 2.36. The minimum absolute atomic E-state index is 0.650. The number of nitrogens with one attached hydrogen (secondary N) is 1. The monoisotopic (exact) mass is 211 g/mol. The maximum Gasteiger partial charge on any atom is 0.122 e. The lowest BCUT2D eigenvalue weighted by molar-refractivity contribution is 0.198. The van der Waals surface area contributed by atoms with E-state index in [1.165, 1.54) is 0 Å². The minimum Gasteiger partial charge on any atom is -0.383 e. The van der Waals surface area contributed by atoms with Crippen molar-refractivity contribution < 1.29 is 4.74 Å². The van der Waals surface area contributed by atoms with Crippen LogP contribution in [0.5, 0.6) is 0 Å². The molecule has 1 rings (SSSR count). The van der Waals surface area contributed by atoms with Crippen LogP contribution in [0, 0.1) is 5.92 Å². The molecule has 0 aliphatic carbocycles. The smallest absolute Gasteiger partial charge is 0.122 e. The summed E-state index contributed by atoms with van der Waals surface area (Å²) in [5.41, 5.74) is 0. The highest BCUT2D eigenvalue weighted by Gasteiger charge is 2.03. The number of hydrogen-bond acceptors (Lipinski definition) is 3. The molecule has 0 aliphatic heterocycles. The fourth-order valence-electron chi connectivity index (χ4n) is 1.44. The van der Waals surface area contributed by atoms with Crippen molar-refractivity contribution in [2.45, 2.75) is 26.9 Å². The van der Waals surface area contributed by atoms with Gasteiger partial charge >= 0.3 is 0 Å². The van der Waals surface area contributed by atoms with Gasteiger partial charge in [-0.3, -0.25) is 0 Å². The third-order valence-electron chi connectivity index (χ3n) is 2.13. The number of hydrogen-bond donors (Lipinski definition) is 1. The summed E-state index contributed by atoms with van der Waals surface area (Å²) >= 11 is 0. The Kier molecular flexibility index (Phi) is 5.36. The van der Waals surface area contributed by atoms with Crippen molar-refractivity contribution in [1.82, 2.24) is 14.9 Å². The SMILES string of the molecule is COCCNCc1nccn1CC(C)C. The highest BCUT2D eigenvalue weighted by atomic mass is 16.5. The van der Waals surface area contributed by atoms with Crippen LogP contribution < -0.4 is 5.32 Å². The molecule has 0 aromatic carbocycles. The van der Waals surface area contributed by atoms with Crippen molar-refractivity contribution in [2.75, 3.05) is 20.3 Å². The van der Waals surface area contributed by atoms with Crippen LogP contribution in [-0.2, 0) is 17.8 Å². The molecular formula is C11H21N3O. The summed E-state index contributed by atoms with van der Waals surface area (Å²) in [6, 6.07) is 0. The van der Waals surface area contributed by atoms with Crippen LogP contribution in [0.4, 0.5) is 0 Å². The maximum absolute atomic E-state index is 4.97. The molecule has 0 saturated carbocycles. The van der Waals surface area contributed by atoms with E-state index in [0.717, 1.165) is 32.1 Å². The van der Waals surface area contributed by atoms with Crippen LogP contribution in [-0.4, -0.2) is 29.8 Å². The Morgan fingerprint density at radius 1 is 1.53 bits per heavy atom. The van der Waals surface area contributed by atoms with Crippen molar-refractivity contribution in [1.29, 1.82) is 0 Å². The van der Waals surface area contributed by atoms with E-state index in [1.807, 2.05) is 12.4 Å². The number of methoxy groups -OCH3 is 1. The Labute approximate surface area is 91.7 Å². The van der Waals surface area contributed by atoms with Gasteiger partial charge in [0.2, 0.25) is 0 Å². The molecule has 86 valence electrons. The maximum atomic E-state index is 4.97. The lowest BCUT2D eigenvalue weighted by Gasteiger charge is -2.10. The summed E-state index contributed by atoms with van der Waals surface area (Å²) in [6.07, 6.45) is 3.89. The zero-order valence-electron chi connectivity index (χ0n) is 9.86. The molecule has 15 heavy (non-hydrogen) atoms. The molecule has 1 N–H and O–H groups in total. The number of rotatable bonds is 7. The fourth-order valence-corrected chi connectivity index (χ4v) is 1.44. The predicted octanol–water partition coefficient (Wildman–Crippen LogP) is 1.28. The van der Waals surface area contributed by atoms with Crippen LogP contribution in [0.25, 0.3) is 0 Å². The van der Waals surface area contributed by atoms with Gasteiger partial charge in [0.15, 0.2) is 0 Å². The Morgan fingerprint density at radius 3 is 3.00 bits per heavy atom. The molecule has 4 heteroatoms. The van der Waals surface area contributed by atoms with E-state index < -0.39 is 0 Å². The molecule has 0 radical (unpaired) electrons. The standard InChI is InChI=1S/C11H21N3O/c1-10(2)9-14-6-4-13-11(14)8-12-5-7-15-3/h4,6,10,12H,5,7-9H2,1-3H3. The summed E-state index contributed by atoms with van der Waals surface area (Å²) in [4.78, 5) is 4.33. The second kappa shape index (κ2) is 6.58. The van der Waals surface area contributed by atoms with E-state index >= 15 is 0 Å². The molecule has 0 unspecified atom stereocenters. The van der Waals surface area contributed by atoms with Gasteiger partial charge in [0.25, 0.3) is 0 Å². The van der Waals surface area contributed by atoms with Crippen molar-refractivity contribution in [3.8, 4) is 0 Å². The first-order chi connectivity index (χ1) is 7.24. The van der Waals surface area contributed by atoms with Crippen LogP contribution >= 0.6 is 0 Å². The first kappa shape index (κ1) is 12.2. The van der Waals surface area contributed by atoms with E-state index in [0.29, 0.717) is 5.92 Å². The van der Waals surface area contributed by atoms with Gasteiger partial charge in [-0.2, -0.15) is 0 Å². The van der Waals surface area contributed by atoms with Crippen molar-refractivity contribution in [3.05, 3.63) is 18.2 Å². The summed E-state index contributed by atoms with van der Waals surface area (Å²) in [7, 11) is 1.71. The second-order valence-electron chi connectivity index (χ2n) is 4.06. The third-order valence-corrected chi connectivity index (χ3v) is 2.13. The van der Waals surface area contributed by atoms with E-state index in [-0.39, 0.29) is 0 Å². The van der Waals surface area contributed by atoms with Gasteiger partial charge < -0.3 is 14.6 Å².